The molecule has 0 saturated carbocycles. The number of nitrogens with one attached hydrogen (secondary N) is 1. The molecule has 2 heterocycles. The minimum Gasteiger partial charge on any atom is -0.477 e. The maximum atomic E-state index is 11.8. The molecule has 0 aliphatic carbocycles. The van der Waals surface area contributed by atoms with Crippen molar-refractivity contribution in [3.63, 3.8) is 0 Å². The molecule has 96 valence electrons. The quantitative estimate of drug-likeness (QED) is 0.825. The van der Waals surface area contributed by atoms with Crippen molar-refractivity contribution in [1.29, 1.82) is 0 Å². The highest BCUT2D eigenvalue weighted by atomic mass is 32.2. The molecular formula is C9H8N2O5S2. The molecule has 0 bridgehead atoms. The van der Waals surface area contributed by atoms with E-state index in [1.807, 2.05) is 0 Å². The summed E-state index contributed by atoms with van der Waals surface area (Å²) in [5, 5.41) is 8.82. The molecule has 2 aromatic heterocycles. The highest BCUT2D eigenvalue weighted by molar-refractivity contribution is 7.93. The number of aromatic amines is 1. The van der Waals surface area contributed by atoms with Gasteiger partial charge in [-0.25, -0.2) is 18.2 Å². The lowest BCUT2D eigenvalue weighted by Crippen LogP contribution is -2.11. The molecule has 0 unspecified atom stereocenters. The van der Waals surface area contributed by atoms with Crippen LogP contribution in [0, 0.1) is 6.92 Å². The summed E-state index contributed by atoms with van der Waals surface area (Å²) in [5.74, 6) is -1.08. The minimum absolute atomic E-state index is 0.0887. The van der Waals surface area contributed by atoms with E-state index in [-0.39, 0.29) is 25.8 Å². The third-order valence-electron chi connectivity index (χ3n) is 2.18. The van der Waals surface area contributed by atoms with Gasteiger partial charge in [0.05, 0.1) is 5.39 Å². The van der Waals surface area contributed by atoms with E-state index in [1.54, 1.807) is 0 Å². The average Bonchev–Trinajstić information content (AvgIpc) is 2.56. The molecule has 0 atom stereocenters. The molecule has 2 rings (SSSR count). The monoisotopic (exact) mass is 288 g/mol. The minimum atomic E-state index is -3.68. The molecule has 9 heteroatoms. The fraction of sp³-hybridized carbons (Fsp3) is 0.222. The Labute approximate surface area is 105 Å². The van der Waals surface area contributed by atoms with Gasteiger partial charge in [-0.3, -0.25) is 4.79 Å². The molecular weight excluding hydrogens is 280 g/mol. The van der Waals surface area contributed by atoms with Gasteiger partial charge in [0.15, 0.2) is 9.84 Å². The molecule has 7 nitrogen and oxygen atoms in total. The van der Waals surface area contributed by atoms with E-state index in [9.17, 15) is 18.0 Å². The molecule has 0 saturated heterocycles. The zero-order chi connectivity index (χ0) is 13.7. The van der Waals surface area contributed by atoms with Crippen LogP contribution in [0.5, 0.6) is 0 Å². The number of sulfone groups is 1. The van der Waals surface area contributed by atoms with Crippen LogP contribution in [-0.2, 0) is 9.84 Å². The third-order valence-corrected chi connectivity index (χ3v) is 5.18. The zero-order valence-electron chi connectivity index (χ0n) is 9.34. The number of H-pyrrole nitrogens is 1. The summed E-state index contributed by atoms with van der Waals surface area (Å²) in [7, 11) is -3.68. The van der Waals surface area contributed by atoms with E-state index in [0.29, 0.717) is 11.3 Å². The first kappa shape index (κ1) is 12.7. The summed E-state index contributed by atoms with van der Waals surface area (Å²) < 4.78 is 22.8. The SMILES string of the molecule is Cc1nc2c(C(=O)O)sc(S(C)(=O)=O)c2c(=O)[nH]1. The van der Waals surface area contributed by atoms with Gasteiger partial charge in [-0.15, -0.1) is 11.3 Å². The van der Waals surface area contributed by atoms with Crippen LogP contribution in [-0.4, -0.2) is 35.7 Å². The Morgan fingerprint density at radius 3 is 2.56 bits per heavy atom. The Morgan fingerprint density at radius 1 is 1.44 bits per heavy atom. The fourth-order valence-corrected chi connectivity index (χ4v) is 3.76. The Morgan fingerprint density at radius 2 is 2.06 bits per heavy atom. The van der Waals surface area contributed by atoms with Crippen molar-refractivity contribution >= 4 is 38.0 Å². The van der Waals surface area contributed by atoms with Crippen LogP contribution >= 0.6 is 11.3 Å². The second-order valence-corrected chi connectivity index (χ2v) is 6.90. The number of aromatic nitrogens is 2. The summed E-state index contributed by atoms with van der Waals surface area (Å²) in [5.41, 5.74) is -0.740. The van der Waals surface area contributed by atoms with Crippen molar-refractivity contribution in [2.75, 3.05) is 6.26 Å². The van der Waals surface area contributed by atoms with Crippen LogP contribution in [0.2, 0.25) is 0 Å². The first-order valence-electron chi connectivity index (χ1n) is 4.68. The van der Waals surface area contributed by atoms with Crippen molar-refractivity contribution in [1.82, 2.24) is 9.97 Å². The van der Waals surface area contributed by atoms with Gasteiger partial charge in [-0.1, -0.05) is 0 Å². The van der Waals surface area contributed by atoms with Crippen LogP contribution in [0.25, 0.3) is 10.9 Å². The molecule has 0 amide bonds. The summed E-state index contributed by atoms with van der Waals surface area (Å²) in [6, 6.07) is 0. The van der Waals surface area contributed by atoms with Gasteiger partial charge in [0.2, 0.25) is 0 Å². The predicted molar refractivity (Wildman–Crippen MR) is 65.0 cm³/mol. The molecule has 0 aromatic carbocycles. The van der Waals surface area contributed by atoms with Gasteiger partial charge in [-0.2, -0.15) is 0 Å². The Kier molecular flexibility index (Phi) is 2.74. The van der Waals surface area contributed by atoms with Crippen molar-refractivity contribution in [3.05, 3.63) is 21.1 Å². The number of nitrogens with zero attached hydrogens (tertiary/aromatic N) is 1. The summed E-state index contributed by atoms with van der Waals surface area (Å²) in [6.07, 6.45) is 0.920. The number of carbonyl (C=O) groups is 1. The standard InChI is InChI=1S/C9H8N2O5S2/c1-3-10-5-4(7(12)11-3)9(18(2,15)16)17-6(5)8(13)14/h1-2H3,(H,13,14)(H,10,11,12). The van der Waals surface area contributed by atoms with E-state index >= 15 is 0 Å². The molecule has 18 heavy (non-hydrogen) atoms. The van der Waals surface area contributed by atoms with Crippen LogP contribution < -0.4 is 5.56 Å². The molecule has 2 aromatic rings. The number of rotatable bonds is 2. The number of carboxylic acid groups (broad SMARTS) is 1. The van der Waals surface area contributed by atoms with Crippen LogP contribution in [0.1, 0.15) is 15.5 Å². The maximum Gasteiger partial charge on any atom is 0.348 e. The second-order valence-electron chi connectivity index (χ2n) is 3.67. The van der Waals surface area contributed by atoms with E-state index < -0.39 is 21.4 Å². The van der Waals surface area contributed by atoms with Crippen molar-refractivity contribution in [2.24, 2.45) is 0 Å². The van der Waals surface area contributed by atoms with E-state index in [2.05, 4.69) is 9.97 Å². The first-order valence-corrected chi connectivity index (χ1v) is 7.39. The van der Waals surface area contributed by atoms with Gasteiger partial charge >= 0.3 is 5.97 Å². The zero-order valence-corrected chi connectivity index (χ0v) is 11.0. The van der Waals surface area contributed by atoms with Gasteiger partial charge in [-0.05, 0) is 6.92 Å². The Bertz CT molecular complexity index is 815. The van der Waals surface area contributed by atoms with Crippen LogP contribution in [0.4, 0.5) is 0 Å². The maximum absolute atomic E-state index is 11.8. The number of thiophene rings is 1. The third kappa shape index (κ3) is 1.91. The number of aryl methyl sites for hydroxylation is 1. The topological polar surface area (TPSA) is 117 Å². The summed E-state index contributed by atoms with van der Waals surface area (Å²) >= 11 is 0.541. The number of hydrogen-bond donors (Lipinski definition) is 2. The smallest absolute Gasteiger partial charge is 0.348 e. The predicted octanol–water partition coefficient (Wildman–Crippen LogP) is 0.395. The fourth-order valence-electron chi connectivity index (χ4n) is 1.54. The second kappa shape index (κ2) is 3.89. The van der Waals surface area contributed by atoms with Crippen molar-refractivity contribution in [3.8, 4) is 0 Å². The van der Waals surface area contributed by atoms with Gasteiger partial charge < -0.3 is 10.1 Å². The number of fused-ring (bicyclic) bond motifs is 1. The van der Waals surface area contributed by atoms with Gasteiger partial charge in [0, 0.05) is 6.26 Å². The van der Waals surface area contributed by atoms with Gasteiger partial charge in [0.1, 0.15) is 20.4 Å². The van der Waals surface area contributed by atoms with Crippen molar-refractivity contribution < 1.29 is 18.3 Å². The van der Waals surface area contributed by atoms with Gasteiger partial charge in [0.25, 0.3) is 5.56 Å². The molecule has 2 N–H and O–H groups in total. The summed E-state index contributed by atoms with van der Waals surface area (Å²) in [6.45, 7) is 1.49. The Balaban J connectivity index is 3.09. The molecule has 0 radical (unpaired) electrons. The molecule has 0 fully saturated rings. The largest absolute Gasteiger partial charge is 0.477 e. The number of carboxylic acids is 1. The van der Waals surface area contributed by atoms with Crippen LogP contribution in [0.15, 0.2) is 9.00 Å². The van der Waals surface area contributed by atoms with E-state index in [4.69, 9.17) is 5.11 Å². The lowest BCUT2D eigenvalue weighted by Gasteiger charge is -1.95. The lowest BCUT2D eigenvalue weighted by atomic mass is 10.3. The number of hydrogen-bond acceptors (Lipinski definition) is 6. The lowest BCUT2D eigenvalue weighted by molar-refractivity contribution is 0.0704. The first-order chi connectivity index (χ1) is 8.21. The van der Waals surface area contributed by atoms with E-state index in [0.717, 1.165) is 6.26 Å². The molecule has 0 aliphatic rings. The summed E-state index contributed by atoms with van der Waals surface area (Å²) in [4.78, 5) is 28.8. The highest BCUT2D eigenvalue weighted by Crippen LogP contribution is 2.31. The average molecular weight is 288 g/mol. The van der Waals surface area contributed by atoms with E-state index in [1.165, 1.54) is 6.92 Å². The number of aromatic carboxylic acids is 1. The normalized spacial score (nSPS) is 11.9. The van der Waals surface area contributed by atoms with Crippen molar-refractivity contribution in [2.45, 2.75) is 11.1 Å². The molecule has 0 spiro atoms. The Hall–Kier alpha value is -1.74. The highest BCUT2D eigenvalue weighted by Gasteiger charge is 2.25. The molecule has 0 aliphatic heterocycles. The van der Waals surface area contributed by atoms with Crippen LogP contribution in [0.3, 0.4) is 0 Å².